The highest BCUT2D eigenvalue weighted by Gasteiger charge is 2.31. The van der Waals surface area contributed by atoms with E-state index < -0.39 is 17.8 Å². The number of urea groups is 1. The van der Waals surface area contributed by atoms with Crippen LogP contribution in [0.25, 0.3) is 0 Å². The van der Waals surface area contributed by atoms with Crippen LogP contribution in [0.5, 0.6) is 0 Å². The van der Waals surface area contributed by atoms with E-state index in [1.54, 1.807) is 4.90 Å². The molecule has 2 heterocycles. The number of rotatable bonds is 2. The van der Waals surface area contributed by atoms with Crippen LogP contribution in [0, 0.1) is 5.92 Å². The first-order valence-corrected chi connectivity index (χ1v) is 6.54. The third-order valence-electron chi connectivity index (χ3n) is 3.57. The molecule has 2 aliphatic rings. The quantitative estimate of drug-likeness (QED) is 0.648. The lowest BCUT2D eigenvalue weighted by molar-refractivity contribution is -0.139. The molecule has 2 saturated heterocycles. The third kappa shape index (κ3) is 3.46. The first-order valence-electron chi connectivity index (χ1n) is 6.54. The van der Waals surface area contributed by atoms with Gasteiger partial charge in [0.1, 0.15) is 13.1 Å². The van der Waals surface area contributed by atoms with Crippen LogP contribution in [-0.4, -0.2) is 64.9 Å². The number of likely N-dealkylation sites (tertiary alicyclic amines) is 1. The van der Waals surface area contributed by atoms with Crippen LogP contribution in [0.2, 0.25) is 0 Å². The van der Waals surface area contributed by atoms with Crippen LogP contribution in [0.4, 0.5) is 4.79 Å². The van der Waals surface area contributed by atoms with Crippen LogP contribution in [0.1, 0.15) is 19.3 Å². The van der Waals surface area contributed by atoms with Gasteiger partial charge in [0.15, 0.2) is 0 Å². The van der Waals surface area contributed by atoms with Crippen molar-refractivity contribution < 1.29 is 24.3 Å². The zero-order chi connectivity index (χ0) is 14.7. The minimum absolute atomic E-state index is 0.0860. The molecule has 2 fully saturated rings. The Morgan fingerprint density at radius 2 is 1.65 bits per heavy atom. The molecule has 0 bridgehead atoms. The van der Waals surface area contributed by atoms with Gasteiger partial charge in [-0.15, -0.1) is 0 Å². The van der Waals surface area contributed by atoms with Crippen molar-refractivity contribution >= 4 is 23.8 Å². The molecule has 20 heavy (non-hydrogen) atoms. The predicted molar refractivity (Wildman–Crippen MR) is 66.7 cm³/mol. The molecule has 2 aliphatic heterocycles. The molecule has 0 unspecified atom stereocenters. The number of carbonyl (C=O) groups is 4. The van der Waals surface area contributed by atoms with Gasteiger partial charge < -0.3 is 14.9 Å². The molecule has 0 aromatic rings. The highest BCUT2D eigenvalue weighted by Crippen LogP contribution is 2.21. The number of hydrogen-bond donors (Lipinski definition) is 2. The van der Waals surface area contributed by atoms with E-state index in [0.29, 0.717) is 25.9 Å². The molecule has 0 saturated carbocycles. The van der Waals surface area contributed by atoms with Crippen molar-refractivity contribution in [2.75, 3.05) is 26.2 Å². The van der Waals surface area contributed by atoms with Gasteiger partial charge in [-0.2, -0.15) is 0 Å². The van der Waals surface area contributed by atoms with Crippen molar-refractivity contribution in [2.45, 2.75) is 19.3 Å². The van der Waals surface area contributed by atoms with Crippen molar-refractivity contribution in [1.82, 2.24) is 15.1 Å². The average Bonchev–Trinajstić information content (AvgIpc) is 2.37. The smallest absolute Gasteiger partial charge is 0.320 e. The Bertz CT molecular complexity index is 426. The first-order chi connectivity index (χ1) is 9.45. The number of nitrogens with one attached hydrogen (secondary N) is 1. The van der Waals surface area contributed by atoms with E-state index >= 15 is 0 Å². The Kier molecular flexibility index (Phi) is 4.21. The summed E-state index contributed by atoms with van der Waals surface area (Å²) in [6.07, 6.45) is 1.38. The van der Waals surface area contributed by atoms with Crippen molar-refractivity contribution in [1.29, 1.82) is 0 Å². The second kappa shape index (κ2) is 5.89. The van der Waals surface area contributed by atoms with E-state index in [2.05, 4.69) is 5.32 Å². The minimum atomic E-state index is -0.826. The van der Waals surface area contributed by atoms with E-state index in [4.69, 9.17) is 5.11 Å². The van der Waals surface area contributed by atoms with Crippen LogP contribution >= 0.6 is 0 Å². The summed E-state index contributed by atoms with van der Waals surface area (Å²) in [6, 6.07) is -0.332. The zero-order valence-corrected chi connectivity index (χ0v) is 11.0. The molecule has 0 aromatic carbocycles. The van der Waals surface area contributed by atoms with Crippen LogP contribution in [0.3, 0.4) is 0 Å². The molecule has 0 aromatic heterocycles. The number of carboxylic acid groups (broad SMARTS) is 1. The summed E-state index contributed by atoms with van der Waals surface area (Å²) in [6.45, 7) is 0.700. The van der Waals surface area contributed by atoms with Crippen molar-refractivity contribution in [3.8, 4) is 0 Å². The second-order valence-corrected chi connectivity index (χ2v) is 5.14. The van der Waals surface area contributed by atoms with Crippen LogP contribution < -0.4 is 5.32 Å². The summed E-state index contributed by atoms with van der Waals surface area (Å²) in [5.74, 6) is -1.69. The van der Waals surface area contributed by atoms with Gasteiger partial charge in [0, 0.05) is 19.5 Å². The highest BCUT2D eigenvalue weighted by molar-refractivity contribution is 6.02. The number of nitrogens with zero attached hydrogens (tertiary/aromatic N) is 2. The SMILES string of the molecule is O=C(O)CC1CCN(C(=O)N2CC(=O)NC(=O)C2)CC1. The third-order valence-corrected chi connectivity index (χ3v) is 3.57. The summed E-state index contributed by atoms with van der Waals surface area (Å²) >= 11 is 0. The fraction of sp³-hybridized carbons (Fsp3) is 0.667. The van der Waals surface area contributed by atoms with Gasteiger partial charge in [-0.1, -0.05) is 0 Å². The predicted octanol–water partition coefficient (Wildman–Crippen LogP) is -0.748. The number of piperazine rings is 1. The van der Waals surface area contributed by atoms with E-state index in [9.17, 15) is 19.2 Å². The summed E-state index contributed by atoms with van der Waals surface area (Å²) in [5, 5.41) is 10.9. The van der Waals surface area contributed by atoms with Crippen LogP contribution in [0.15, 0.2) is 0 Å². The standard InChI is InChI=1S/C12H17N3O5/c16-9-6-15(7-10(17)13-9)12(20)14-3-1-8(2-4-14)5-11(18)19/h8H,1-7H2,(H,18,19)(H,13,16,17). The summed E-state index contributed by atoms with van der Waals surface area (Å²) in [7, 11) is 0. The Morgan fingerprint density at radius 3 is 2.15 bits per heavy atom. The van der Waals surface area contributed by atoms with Gasteiger partial charge in [-0.3, -0.25) is 19.7 Å². The molecule has 0 aliphatic carbocycles. The first kappa shape index (κ1) is 14.3. The lowest BCUT2D eigenvalue weighted by atomic mass is 9.94. The number of amides is 4. The Balaban J connectivity index is 1.86. The monoisotopic (exact) mass is 283 g/mol. The van der Waals surface area contributed by atoms with Crippen molar-refractivity contribution in [2.24, 2.45) is 5.92 Å². The second-order valence-electron chi connectivity index (χ2n) is 5.14. The fourth-order valence-corrected chi connectivity index (χ4v) is 2.55. The van der Waals surface area contributed by atoms with Crippen molar-refractivity contribution in [3.63, 3.8) is 0 Å². The molecule has 4 amide bonds. The van der Waals surface area contributed by atoms with Gasteiger partial charge in [0.25, 0.3) is 0 Å². The Morgan fingerprint density at radius 1 is 1.10 bits per heavy atom. The van der Waals surface area contributed by atoms with E-state index in [1.165, 1.54) is 4.90 Å². The minimum Gasteiger partial charge on any atom is -0.481 e. The van der Waals surface area contributed by atoms with Gasteiger partial charge >= 0.3 is 12.0 Å². The summed E-state index contributed by atoms with van der Waals surface area (Å²) < 4.78 is 0. The lowest BCUT2D eigenvalue weighted by Crippen LogP contribution is -2.57. The number of hydrogen-bond acceptors (Lipinski definition) is 4. The molecule has 0 atom stereocenters. The summed E-state index contributed by atoms with van der Waals surface area (Å²) in [5.41, 5.74) is 0. The normalized spacial score (nSPS) is 20.8. The highest BCUT2D eigenvalue weighted by atomic mass is 16.4. The molecule has 2 rings (SSSR count). The Hall–Kier alpha value is -2.12. The van der Waals surface area contributed by atoms with Gasteiger partial charge in [-0.25, -0.2) is 4.79 Å². The lowest BCUT2D eigenvalue weighted by Gasteiger charge is -2.36. The topological polar surface area (TPSA) is 107 Å². The number of piperidine rings is 1. The number of aliphatic carboxylic acids is 1. The molecule has 0 radical (unpaired) electrons. The maximum absolute atomic E-state index is 12.2. The van der Waals surface area contributed by atoms with Crippen molar-refractivity contribution in [3.05, 3.63) is 0 Å². The molecule has 8 nitrogen and oxygen atoms in total. The van der Waals surface area contributed by atoms with E-state index in [1.807, 2.05) is 0 Å². The summed E-state index contributed by atoms with van der Waals surface area (Å²) in [4.78, 5) is 48.1. The molecular weight excluding hydrogens is 266 g/mol. The molecule has 110 valence electrons. The van der Waals surface area contributed by atoms with E-state index in [-0.39, 0.29) is 31.5 Å². The zero-order valence-electron chi connectivity index (χ0n) is 11.0. The van der Waals surface area contributed by atoms with Gasteiger partial charge in [-0.05, 0) is 18.8 Å². The number of imide groups is 1. The fourth-order valence-electron chi connectivity index (χ4n) is 2.55. The molecule has 0 spiro atoms. The van der Waals surface area contributed by atoms with Gasteiger partial charge in [0.05, 0.1) is 0 Å². The number of carboxylic acids is 1. The molecule has 2 N–H and O–H groups in total. The van der Waals surface area contributed by atoms with Gasteiger partial charge in [0.2, 0.25) is 11.8 Å². The number of carbonyl (C=O) groups excluding carboxylic acids is 3. The molecular formula is C12H17N3O5. The maximum atomic E-state index is 12.2. The average molecular weight is 283 g/mol. The molecule has 8 heteroatoms. The Labute approximate surface area is 115 Å². The maximum Gasteiger partial charge on any atom is 0.320 e. The van der Waals surface area contributed by atoms with E-state index in [0.717, 1.165) is 0 Å². The van der Waals surface area contributed by atoms with Crippen LogP contribution in [-0.2, 0) is 14.4 Å². The largest absolute Gasteiger partial charge is 0.481 e.